The molecule has 6 N–H and O–H groups in total. The molecule has 6 nitrogen and oxygen atoms in total. The lowest BCUT2D eigenvalue weighted by molar-refractivity contribution is 0.144. The first kappa shape index (κ1) is 9.97. The molecule has 0 radical (unpaired) electrons. The molecule has 1 aliphatic rings. The van der Waals surface area contributed by atoms with Crippen LogP contribution < -0.4 is 16.8 Å². The van der Waals surface area contributed by atoms with Gasteiger partial charge in [0.05, 0.1) is 12.1 Å². The second-order valence-corrected chi connectivity index (χ2v) is 3.95. The van der Waals surface area contributed by atoms with Crippen LogP contribution in [0.25, 0.3) is 0 Å². The van der Waals surface area contributed by atoms with Gasteiger partial charge in [-0.1, -0.05) is 0 Å². The van der Waals surface area contributed by atoms with E-state index in [4.69, 9.17) is 11.5 Å². The molecule has 0 aliphatic heterocycles. The van der Waals surface area contributed by atoms with E-state index in [9.17, 15) is 5.11 Å². The summed E-state index contributed by atoms with van der Waals surface area (Å²) in [5.74, 6) is 1.05. The Morgan fingerprint density at radius 1 is 1.40 bits per heavy atom. The number of hydrogen-bond donors (Lipinski definition) is 4. The van der Waals surface area contributed by atoms with Crippen molar-refractivity contribution in [1.29, 1.82) is 0 Å². The van der Waals surface area contributed by atoms with Gasteiger partial charge in [-0.2, -0.15) is 9.97 Å². The first-order chi connectivity index (χ1) is 7.13. The van der Waals surface area contributed by atoms with Gasteiger partial charge in [-0.3, -0.25) is 0 Å². The Balaban J connectivity index is 2.16. The molecular formula is C9H15N5O. The average Bonchev–Trinajstić information content (AvgIpc) is 2.10. The third kappa shape index (κ3) is 1.94. The van der Waals surface area contributed by atoms with Crippen LogP contribution in [0.4, 0.5) is 17.6 Å². The smallest absolute Gasteiger partial charge is 0.223 e. The van der Waals surface area contributed by atoms with Crippen molar-refractivity contribution in [1.82, 2.24) is 9.97 Å². The third-order valence-electron chi connectivity index (χ3n) is 2.77. The Morgan fingerprint density at radius 3 is 2.60 bits per heavy atom. The van der Waals surface area contributed by atoms with E-state index >= 15 is 0 Å². The predicted octanol–water partition coefficient (Wildman–Crippen LogP) is -0.0321. The van der Waals surface area contributed by atoms with E-state index in [1.807, 2.05) is 0 Å². The quantitative estimate of drug-likeness (QED) is 0.556. The highest BCUT2D eigenvalue weighted by Crippen LogP contribution is 2.34. The van der Waals surface area contributed by atoms with Gasteiger partial charge in [0.2, 0.25) is 5.95 Å². The zero-order valence-electron chi connectivity index (χ0n) is 8.40. The van der Waals surface area contributed by atoms with Crippen LogP contribution in [-0.4, -0.2) is 27.2 Å². The number of nitrogens with one attached hydrogen (secondary N) is 1. The van der Waals surface area contributed by atoms with Crippen molar-refractivity contribution in [2.75, 3.05) is 23.4 Å². The molecule has 0 amide bonds. The fraction of sp³-hybridized carbons (Fsp3) is 0.556. The SMILES string of the molecule is Nc1cc(NC2(CO)CCC2)nc(N)n1. The zero-order valence-corrected chi connectivity index (χ0v) is 8.40. The fourth-order valence-corrected chi connectivity index (χ4v) is 1.75. The van der Waals surface area contributed by atoms with Gasteiger partial charge < -0.3 is 21.9 Å². The summed E-state index contributed by atoms with van der Waals surface area (Å²) in [6, 6.07) is 1.62. The van der Waals surface area contributed by atoms with Crippen molar-refractivity contribution in [2.45, 2.75) is 24.8 Å². The molecule has 6 heteroatoms. The minimum atomic E-state index is -0.243. The Labute approximate surface area is 87.7 Å². The number of nitrogens with two attached hydrogens (primary N) is 2. The van der Waals surface area contributed by atoms with Crippen molar-refractivity contribution in [2.24, 2.45) is 0 Å². The monoisotopic (exact) mass is 209 g/mol. The first-order valence-electron chi connectivity index (χ1n) is 4.93. The van der Waals surface area contributed by atoms with Crippen molar-refractivity contribution in [3.05, 3.63) is 6.07 Å². The largest absolute Gasteiger partial charge is 0.394 e. The molecule has 0 saturated heterocycles. The summed E-state index contributed by atoms with van der Waals surface area (Å²) in [5, 5.41) is 12.4. The molecule has 2 rings (SSSR count). The molecule has 1 aromatic heterocycles. The lowest BCUT2D eigenvalue weighted by Crippen LogP contribution is -2.48. The van der Waals surface area contributed by atoms with Crippen LogP contribution in [0, 0.1) is 0 Å². The third-order valence-corrected chi connectivity index (χ3v) is 2.77. The first-order valence-corrected chi connectivity index (χ1v) is 4.93. The van der Waals surface area contributed by atoms with Gasteiger partial charge in [0.1, 0.15) is 11.6 Å². The summed E-state index contributed by atoms with van der Waals surface area (Å²) in [6.07, 6.45) is 2.99. The number of aliphatic hydroxyl groups excluding tert-OH is 1. The van der Waals surface area contributed by atoms with E-state index in [0.717, 1.165) is 19.3 Å². The molecule has 0 aromatic carbocycles. The summed E-state index contributed by atoms with van der Waals surface area (Å²) in [4.78, 5) is 7.79. The summed E-state index contributed by atoms with van der Waals surface area (Å²) >= 11 is 0. The van der Waals surface area contributed by atoms with Crippen LogP contribution in [0.2, 0.25) is 0 Å². The van der Waals surface area contributed by atoms with Crippen LogP contribution in [0.3, 0.4) is 0 Å². The maximum absolute atomic E-state index is 9.27. The maximum Gasteiger partial charge on any atom is 0.223 e. The number of hydrogen-bond acceptors (Lipinski definition) is 6. The number of rotatable bonds is 3. The summed E-state index contributed by atoms with van der Waals surface area (Å²) in [6.45, 7) is 0.0941. The van der Waals surface area contributed by atoms with Gasteiger partial charge in [-0.05, 0) is 19.3 Å². The van der Waals surface area contributed by atoms with E-state index in [0.29, 0.717) is 11.6 Å². The maximum atomic E-state index is 9.27. The number of anilines is 3. The van der Waals surface area contributed by atoms with Crippen molar-refractivity contribution < 1.29 is 5.11 Å². The fourth-order valence-electron chi connectivity index (χ4n) is 1.75. The van der Waals surface area contributed by atoms with Crippen LogP contribution in [0.15, 0.2) is 6.07 Å². The topological polar surface area (TPSA) is 110 Å². The highest BCUT2D eigenvalue weighted by molar-refractivity contribution is 5.50. The van der Waals surface area contributed by atoms with Gasteiger partial charge in [0, 0.05) is 6.07 Å². The highest BCUT2D eigenvalue weighted by atomic mass is 16.3. The molecule has 1 fully saturated rings. The molecule has 0 atom stereocenters. The molecule has 82 valence electrons. The Kier molecular flexibility index (Phi) is 2.36. The molecule has 1 saturated carbocycles. The standard InChI is InChI=1S/C9H15N5O/c10-6-4-7(13-8(11)12-6)14-9(5-15)2-1-3-9/h4,15H,1-3,5H2,(H5,10,11,12,13,14). The van der Waals surface area contributed by atoms with Crippen LogP contribution in [0.1, 0.15) is 19.3 Å². The van der Waals surface area contributed by atoms with Gasteiger partial charge >= 0.3 is 0 Å². The predicted molar refractivity (Wildman–Crippen MR) is 58.1 cm³/mol. The number of nitrogen functional groups attached to an aromatic ring is 2. The van der Waals surface area contributed by atoms with Gasteiger partial charge in [0.15, 0.2) is 0 Å². The van der Waals surface area contributed by atoms with E-state index < -0.39 is 0 Å². The molecule has 1 aromatic rings. The van der Waals surface area contributed by atoms with E-state index in [2.05, 4.69) is 15.3 Å². The second-order valence-electron chi connectivity index (χ2n) is 3.95. The molecule has 0 bridgehead atoms. The van der Waals surface area contributed by atoms with Gasteiger partial charge in [-0.15, -0.1) is 0 Å². The van der Waals surface area contributed by atoms with Gasteiger partial charge in [-0.25, -0.2) is 0 Å². The van der Waals surface area contributed by atoms with E-state index in [-0.39, 0.29) is 18.1 Å². The lowest BCUT2D eigenvalue weighted by atomic mass is 9.77. The van der Waals surface area contributed by atoms with E-state index in [1.165, 1.54) is 0 Å². The number of aliphatic hydroxyl groups is 1. The zero-order chi connectivity index (χ0) is 10.9. The van der Waals surface area contributed by atoms with Crippen LogP contribution in [-0.2, 0) is 0 Å². The van der Waals surface area contributed by atoms with Crippen LogP contribution in [0.5, 0.6) is 0 Å². The van der Waals surface area contributed by atoms with Crippen molar-refractivity contribution >= 4 is 17.6 Å². The van der Waals surface area contributed by atoms with Gasteiger partial charge in [0.25, 0.3) is 0 Å². The number of nitrogens with zero attached hydrogens (tertiary/aromatic N) is 2. The summed E-state index contributed by atoms with van der Waals surface area (Å²) in [5.41, 5.74) is 10.8. The molecule has 1 heterocycles. The van der Waals surface area contributed by atoms with Crippen molar-refractivity contribution in [3.8, 4) is 0 Å². The highest BCUT2D eigenvalue weighted by Gasteiger charge is 2.36. The molecule has 0 spiro atoms. The molecule has 0 unspecified atom stereocenters. The minimum Gasteiger partial charge on any atom is -0.394 e. The Morgan fingerprint density at radius 2 is 2.13 bits per heavy atom. The normalized spacial score (nSPS) is 18.2. The Hall–Kier alpha value is -1.56. The van der Waals surface area contributed by atoms with Crippen LogP contribution >= 0.6 is 0 Å². The molecule has 1 aliphatic carbocycles. The lowest BCUT2D eigenvalue weighted by Gasteiger charge is -2.41. The Bertz CT molecular complexity index is 338. The van der Waals surface area contributed by atoms with E-state index in [1.54, 1.807) is 6.07 Å². The average molecular weight is 209 g/mol. The van der Waals surface area contributed by atoms with Crippen molar-refractivity contribution in [3.63, 3.8) is 0 Å². The number of aromatic nitrogens is 2. The molecule has 15 heavy (non-hydrogen) atoms. The molecular weight excluding hydrogens is 194 g/mol. The second kappa shape index (κ2) is 3.54. The summed E-state index contributed by atoms with van der Waals surface area (Å²) in [7, 11) is 0. The summed E-state index contributed by atoms with van der Waals surface area (Å²) < 4.78 is 0. The minimum absolute atomic E-state index is 0.0941.